The van der Waals surface area contributed by atoms with Crippen molar-refractivity contribution in [3.05, 3.63) is 0 Å². The second-order valence-electron chi connectivity index (χ2n) is 6.78. The van der Waals surface area contributed by atoms with Crippen molar-refractivity contribution in [2.45, 2.75) is 82.2 Å². The summed E-state index contributed by atoms with van der Waals surface area (Å²) in [6, 6.07) is 1.51. The highest BCUT2D eigenvalue weighted by molar-refractivity contribution is 5.80. The summed E-state index contributed by atoms with van der Waals surface area (Å²) < 4.78 is 11.3. The van der Waals surface area contributed by atoms with E-state index in [9.17, 15) is 4.79 Å². The average molecular weight is 296 g/mol. The number of amides is 1. The van der Waals surface area contributed by atoms with Gasteiger partial charge in [-0.15, -0.1) is 0 Å². The van der Waals surface area contributed by atoms with Crippen LogP contribution in [0.25, 0.3) is 0 Å². The highest BCUT2D eigenvalue weighted by Crippen LogP contribution is 2.26. The fourth-order valence-corrected chi connectivity index (χ4v) is 3.76. The number of fused-ring (bicyclic) bond motifs is 2. The van der Waals surface area contributed by atoms with Crippen LogP contribution in [0, 0.1) is 0 Å². The van der Waals surface area contributed by atoms with Crippen LogP contribution >= 0.6 is 0 Å². The SMILES string of the molecule is CC(OCC1CCCCO1)C(=O)NC1CC2CCC(C1)N2. The number of carbonyl (C=O) groups excluding carboxylic acids is 1. The summed E-state index contributed by atoms with van der Waals surface area (Å²) >= 11 is 0. The zero-order valence-electron chi connectivity index (χ0n) is 13.0. The molecule has 3 fully saturated rings. The van der Waals surface area contributed by atoms with Gasteiger partial charge in [0.05, 0.1) is 12.7 Å². The molecule has 0 saturated carbocycles. The first-order chi connectivity index (χ1) is 10.2. The van der Waals surface area contributed by atoms with Crippen LogP contribution in [0.15, 0.2) is 0 Å². The summed E-state index contributed by atoms with van der Waals surface area (Å²) in [5.41, 5.74) is 0. The Hall–Kier alpha value is -0.650. The topological polar surface area (TPSA) is 59.6 Å². The Kier molecular flexibility index (Phi) is 5.14. The summed E-state index contributed by atoms with van der Waals surface area (Å²) in [4.78, 5) is 12.2. The third kappa shape index (κ3) is 4.18. The van der Waals surface area contributed by atoms with Gasteiger partial charge in [0.25, 0.3) is 0 Å². The first-order valence-corrected chi connectivity index (χ1v) is 8.50. The molecule has 0 radical (unpaired) electrons. The van der Waals surface area contributed by atoms with Crippen LogP contribution in [0.2, 0.25) is 0 Å². The van der Waals surface area contributed by atoms with Crippen LogP contribution in [0.1, 0.15) is 51.9 Å². The van der Waals surface area contributed by atoms with Crippen molar-refractivity contribution in [1.82, 2.24) is 10.6 Å². The Morgan fingerprint density at radius 2 is 2.05 bits per heavy atom. The maximum Gasteiger partial charge on any atom is 0.249 e. The van der Waals surface area contributed by atoms with Crippen LogP contribution in [0.5, 0.6) is 0 Å². The summed E-state index contributed by atoms with van der Waals surface area (Å²) in [5, 5.41) is 6.75. The number of ether oxygens (including phenoxy) is 2. The standard InChI is InChI=1S/C16H28N2O3/c1-11(21-10-15-4-2-3-7-20-15)16(19)18-14-8-12-5-6-13(9-14)17-12/h11-15,17H,2-10H2,1H3,(H,18,19). The molecule has 5 heteroatoms. The quantitative estimate of drug-likeness (QED) is 0.804. The molecule has 5 nitrogen and oxygen atoms in total. The Labute approximate surface area is 127 Å². The number of piperidine rings is 1. The van der Waals surface area contributed by atoms with E-state index in [1.807, 2.05) is 6.92 Å². The van der Waals surface area contributed by atoms with Gasteiger partial charge in [-0.2, -0.15) is 0 Å². The van der Waals surface area contributed by atoms with E-state index in [1.54, 1.807) is 0 Å². The fourth-order valence-electron chi connectivity index (χ4n) is 3.76. The van der Waals surface area contributed by atoms with Gasteiger partial charge in [0.1, 0.15) is 6.10 Å². The van der Waals surface area contributed by atoms with Crippen molar-refractivity contribution in [2.75, 3.05) is 13.2 Å². The molecule has 4 atom stereocenters. The van der Waals surface area contributed by atoms with E-state index in [0.717, 1.165) is 32.3 Å². The third-order valence-electron chi connectivity index (χ3n) is 4.99. The highest BCUT2D eigenvalue weighted by Gasteiger charge is 2.34. The highest BCUT2D eigenvalue weighted by atomic mass is 16.5. The van der Waals surface area contributed by atoms with Gasteiger partial charge in [0, 0.05) is 24.7 Å². The second kappa shape index (κ2) is 7.07. The largest absolute Gasteiger partial charge is 0.376 e. The van der Waals surface area contributed by atoms with Crippen molar-refractivity contribution in [3.63, 3.8) is 0 Å². The number of hydrogen-bond donors (Lipinski definition) is 2. The lowest BCUT2D eigenvalue weighted by atomic mass is 9.99. The maximum atomic E-state index is 12.2. The van der Waals surface area contributed by atoms with E-state index in [1.165, 1.54) is 19.3 Å². The summed E-state index contributed by atoms with van der Waals surface area (Å²) in [6.45, 7) is 3.20. The molecule has 2 N–H and O–H groups in total. The minimum atomic E-state index is -0.386. The molecule has 4 unspecified atom stereocenters. The molecule has 3 rings (SSSR count). The molecule has 0 aromatic rings. The van der Waals surface area contributed by atoms with Crippen LogP contribution in [-0.2, 0) is 14.3 Å². The molecular weight excluding hydrogens is 268 g/mol. The van der Waals surface area contributed by atoms with Crippen molar-refractivity contribution in [1.29, 1.82) is 0 Å². The van der Waals surface area contributed by atoms with Gasteiger partial charge >= 0.3 is 0 Å². The second-order valence-corrected chi connectivity index (χ2v) is 6.78. The van der Waals surface area contributed by atoms with E-state index < -0.39 is 0 Å². The molecule has 3 heterocycles. The van der Waals surface area contributed by atoms with E-state index in [2.05, 4.69) is 10.6 Å². The zero-order valence-corrected chi connectivity index (χ0v) is 13.0. The summed E-state index contributed by atoms with van der Waals surface area (Å²) in [6.07, 6.45) is 7.79. The number of nitrogens with one attached hydrogen (secondary N) is 2. The molecule has 0 aromatic heterocycles. The average Bonchev–Trinajstić information content (AvgIpc) is 2.84. The monoisotopic (exact) mass is 296 g/mol. The normalized spacial score (nSPS) is 37.2. The minimum absolute atomic E-state index is 0.0251. The van der Waals surface area contributed by atoms with Gasteiger partial charge in [-0.25, -0.2) is 0 Å². The van der Waals surface area contributed by atoms with Crippen molar-refractivity contribution in [2.24, 2.45) is 0 Å². The Balaban J connectivity index is 1.38. The van der Waals surface area contributed by atoms with E-state index in [-0.39, 0.29) is 18.1 Å². The van der Waals surface area contributed by atoms with Crippen LogP contribution in [0.3, 0.4) is 0 Å². The van der Waals surface area contributed by atoms with Gasteiger partial charge in [0.2, 0.25) is 5.91 Å². The van der Waals surface area contributed by atoms with Crippen molar-refractivity contribution >= 4 is 5.91 Å². The molecule has 21 heavy (non-hydrogen) atoms. The van der Waals surface area contributed by atoms with Crippen molar-refractivity contribution < 1.29 is 14.3 Å². The predicted octanol–water partition coefficient (Wildman–Crippen LogP) is 1.36. The van der Waals surface area contributed by atoms with Gasteiger partial charge in [-0.1, -0.05) is 0 Å². The number of hydrogen-bond acceptors (Lipinski definition) is 4. The smallest absolute Gasteiger partial charge is 0.249 e. The van der Waals surface area contributed by atoms with E-state index >= 15 is 0 Å². The molecule has 2 bridgehead atoms. The molecule has 120 valence electrons. The fraction of sp³-hybridized carbons (Fsp3) is 0.938. The maximum absolute atomic E-state index is 12.2. The van der Waals surface area contributed by atoms with E-state index in [0.29, 0.717) is 24.7 Å². The van der Waals surface area contributed by atoms with Gasteiger partial charge in [-0.3, -0.25) is 4.79 Å². The van der Waals surface area contributed by atoms with Crippen LogP contribution < -0.4 is 10.6 Å². The van der Waals surface area contributed by atoms with Crippen molar-refractivity contribution in [3.8, 4) is 0 Å². The molecule has 1 amide bonds. The lowest BCUT2D eigenvalue weighted by molar-refractivity contribution is -0.136. The molecule has 3 aliphatic rings. The minimum Gasteiger partial charge on any atom is -0.376 e. The van der Waals surface area contributed by atoms with Crippen LogP contribution in [0.4, 0.5) is 0 Å². The lowest BCUT2D eigenvalue weighted by Crippen LogP contribution is -2.50. The van der Waals surface area contributed by atoms with Gasteiger partial charge in [-0.05, 0) is 51.9 Å². The first kappa shape index (κ1) is 15.3. The predicted molar refractivity (Wildman–Crippen MR) is 80.1 cm³/mol. The molecule has 3 aliphatic heterocycles. The Morgan fingerprint density at radius 1 is 1.29 bits per heavy atom. The number of carbonyl (C=O) groups is 1. The summed E-state index contributed by atoms with van der Waals surface area (Å²) in [5.74, 6) is 0.0251. The van der Waals surface area contributed by atoms with Gasteiger partial charge < -0.3 is 20.1 Å². The lowest BCUT2D eigenvalue weighted by Gasteiger charge is -2.30. The zero-order chi connectivity index (χ0) is 14.7. The van der Waals surface area contributed by atoms with Crippen LogP contribution in [-0.4, -0.2) is 49.5 Å². The first-order valence-electron chi connectivity index (χ1n) is 8.50. The Bertz CT molecular complexity index is 345. The number of rotatable bonds is 5. The molecule has 0 aliphatic carbocycles. The molecule has 3 saturated heterocycles. The summed E-state index contributed by atoms with van der Waals surface area (Å²) in [7, 11) is 0. The third-order valence-corrected chi connectivity index (χ3v) is 4.99. The van der Waals surface area contributed by atoms with E-state index in [4.69, 9.17) is 9.47 Å². The van der Waals surface area contributed by atoms with Gasteiger partial charge in [0.15, 0.2) is 0 Å². The molecule has 0 aromatic carbocycles. The Morgan fingerprint density at radius 3 is 2.71 bits per heavy atom. The molecular formula is C16H28N2O3. The molecule has 0 spiro atoms.